The van der Waals surface area contributed by atoms with Gasteiger partial charge < -0.3 is 4.74 Å². The maximum Gasteiger partial charge on any atom is 0.0678 e. The van der Waals surface area contributed by atoms with E-state index in [9.17, 15) is 0 Å². The van der Waals surface area contributed by atoms with Crippen LogP contribution in [0.3, 0.4) is 0 Å². The van der Waals surface area contributed by atoms with E-state index in [4.69, 9.17) is 4.74 Å². The van der Waals surface area contributed by atoms with Gasteiger partial charge in [-0.3, -0.25) is 4.90 Å². The van der Waals surface area contributed by atoms with Crippen LogP contribution >= 0.6 is 0 Å². The second-order valence-electron chi connectivity index (χ2n) is 8.79. The van der Waals surface area contributed by atoms with Gasteiger partial charge in [0.25, 0.3) is 0 Å². The topological polar surface area (TPSA) is 12.5 Å². The largest absolute Gasteiger partial charge is 0.373 e. The zero-order chi connectivity index (χ0) is 16.6. The van der Waals surface area contributed by atoms with Crippen LogP contribution in [0.1, 0.15) is 64.5 Å². The maximum absolute atomic E-state index is 5.86. The van der Waals surface area contributed by atoms with Gasteiger partial charge in [-0.1, -0.05) is 45.0 Å². The van der Waals surface area contributed by atoms with Gasteiger partial charge in [-0.15, -0.1) is 0 Å². The molecule has 1 heterocycles. The summed E-state index contributed by atoms with van der Waals surface area (Å²) in [4.78, 5) is 2.62. The summed E-state index contributed by atoms with van der Waals surface area (Å²) in [6.45, 7) is 14.7. The van der Waals surface area contributed by atoms with Crippen LogP contribution in [-0.4, -0.2) is 36.7 Å². The van der Waals surface area contributed by atoms with Gasteiger partial charge in [0.15, 0.2) is 0 Å². The highest BCUT2D eigenvalue weighted by Gasteiger charge is 2.35. The first-order valence-corrected chi connectivity index (χ1v) is 9.31. The third-order valence-electron chi connectivity index (χ3n) is 5.61. The molecule has 2 heteroatoms. The third-order valence-corrected chi connectivity index (χ3v) is 5.61. The zero-order valence-electron chi connectivity index (χ0n) is 15.5. The predicted molar refractivity (Wildman–Crippen MR) is 97.1 cm³/mol. The third kappa shape index (κ3) is 3.97. The summed E-state index contributed by atoms with van der Waals surface area (Å²) in [7, 11) is 0. The fourth-order valence-corrected chi connectivity index (χ4v) is 4.22. The minimum atomic E-state index is 0.248. The summed E-state index contributed by atoms with van der Waals surface area (Å²) in [5.41, 5.74) is 3.23. The molecular weight excluding hydrogens is 282 g/mol. The molecule has 1 aromatic carbocycles. The van der Waals surface area contributed by atoms with E-state index < -0.39 is 0 Å². The van der Waals surface area contributed by atoms with Crippen LogP contribution in [0.5, 0.6) is 0 Å². The van der Waals surface area contributed by atoms with Crippen LogP contribution in [0.4, 0.5) is 0 Å². The minimum Gasteiger partial charge on any atom is -0.373 e. The number of hydrogen-bond acceptors (Lipinski definition) is 2. The Morgan fingerprint density at radius 1 is 1.00 bits per heavy atom. The van der Waals surface area contributed by atoms with E-state index in [1.165, 1.54) is 24.9 Å². The number of hydrogen-bond donors (Lipinski definition) is 0. The molecule has 23 heavy (non-hydrogen) atoms. The molecule has 0 amide bonds. The highest BCUT2D eigenvalue weighted by molar-refractivity contribution is 5.31. The molecule has 0 unspecified atom stereocenters. The van der Waals surface area contributed by atoms with Crippen LogP contribution in [0.2, 0.25) is 0 Å². The molecule has 1 saturated carbocycles. The fourth-order valence-electron chi connectivity index (χ4n) is 4.22. The number of ether oxygens (including phenoxy) is 1. The molecule has 0 radical (unpaired) electrons. The standard InChI is InChI=1S/C21H33NO/c1-15-12-22(13-16(2)23-15)14-18-8-11-20(18)17-6-9-19(10-7-17)21(3,4)5/h6-7,9-10,15-16,18,20H,8,11-14H2,1-5H3/t15-,16+,18-,20-/m0/s1. The van der Waals surface area contributed by atoms with Gasteiger partial charge >= 0.3 is 0 Å². The van der Waals surface area contributed by atoms with Crippen LogP contribution in [-0.2, 0) is 10.2 Å². The highest BCUT2D eigenvalue weighted by atomic mass is 16.5. The van der Waals surface area contributed by atoms with Crippen LogP contribution < -0.4 is 0 Å². The summed E-state index contributed by atoms with van der Waals surface area (Å²) >= 11 is 0. The number of morpholine rings is 1. The first-order chi connectivity index (χ1) is 10.8. The fraction of sp³-hybridized carbons (Fsp3) is 0.714. The Hall–Kier alpha value is -0.860. The molecule has 0 spiro atoms. The molecule has 128 valence electrons. The van der Waals surface area contributed by atoms with Gasteiger partial charge in [-0.25, -0.2) is 0 Å². The van der Waals surface area contributed by atoms with Crippen LogP contribution in [0.15, 0.2) is 24.3 Å². The summed E-state index contributed by atoms with van der Waals surface area (Å²) in [6.07, 6.45) is 3.49. The lowest BCUT2D eigenvalue weighted by Gasteiger charge is -2.43. The van der Waals surface area contributed by atoms with Crippen molar-refractivity contribution in [1.82, 2.24) is 4.90 Å². The summed E-state index contributed by atoms with van der Waals surface area (Å²) in [5.74, 6) is 1.59. The molecule has 2 aliphatic rings. The van der Waals surface area contributed by atoms with E-state index in [2.05, 4.69) is 63.8 Å². The lowest BCUT2D eigenvalue weighted by atomic mass is 9.69. The molecule has 2 fully saturated rings. The lowest BCUT2D eigenvalue weighted by Crippen LogP contribution is -2.48. The van der Waals surface area contributed by atoms with Crippen molar-refractivity contribution < 1.29 is 4.74 Å². The van der Waals surface area contributed by atoms with Crippen molar-refractivity contribution in [1.29, 1.82) is 0 Å². The maximum atomic E-state index is 5.86. The quantitative estimate of drug-likeness (QED) is 0.809. The first-order valence-electron chi connectivity index (χ1n) is 9.31. The monoisotopic (exact) mass is 315 g/mol. The average molecular weight is 316 g/mol. The van der Waals surface area contributed by atoms with Crippen molar-refractivity contribution in [3.8, 4) is 0 Å². The lowest BCUT2D eigenvalue weighted by molar-refractivity contribution is -0.0752. The van der Waals surface area contributed by atoms with Gasteiger partial charge in [0.1, 0.15) is 0 Å². The average Bonchev–Trinajstić information content (AvgIpc) is 2.42. The Balaban J connectivity index is 1.61. The van der Waals surface area contributed by atoms with Gasteiger partial charge in [0, 0.05) is 19.6 Å². The van der Waals surface area contributed by atoms with Crippen molar-refractivity contribution in [2.75, 3.05) is 19.6 Å². The first kappa shape index (κ1) is 17.0. The summed E-state index contributed by atoms with van der Waals surface area (Å²) < 4.78 is 5.86. The smallest absolute Gasteiger partial charge is 0.0678 e. The molecule has 0 bridgehead atoms. The molecule has 1 aliphatic heterocycles. The Morgan fingerprint density at radius 2 is 1.61 bits per heavy atom. The molecule has 1 aliphatic carbocycles. The van der Waals surface area contributed by atoms with E-state index in [0.717, 1.165) is 24.9 Å². The van der Waals surface area contributed by atoms with Gasteiger partial charge in [-0.05, 0) is 55.1 Å². The van der Waals surface area contributed by atoms with Crippen LogP contribution in [0, 0.1) is 5.92 Å². The van der Waals surface area contributed by atoms with Crippen molar-refractivity contribution in [3.05, 3.63) is 35.4 Å². The Labute approximate surface area is 142 Å². The van der Waals surface area contributed by atoms with Gasteiger partial charge in [-0.2, -0.15) is 0 Å². The Morgan fingerprint density at radius 3 is 2.09 bits per heavy atom. The molecule has 1 aromatic rings. The highest BCUT2D eigenvalue weighted by Crippen LogP contribution is 2.43. The summed E-state index contributed by atoms with van der Waals surface area (Å²) in [6, 6.07) is 9.43. The minimum absolute atomic E-state index is 0.248. The number of benzene rings is 1. The van der Waals surface area contributed by atoms with Crippen molar-refractivity contribution >= 4 is 0 Å². The van der Waals surface area contributed by atoms with Crippen molar-refractivity contribution in [3.63, 3.8) is 0 Å². The Kier molecular flexibility index (Phi) is 4.85. The molecule has 2 nitrogen and oxygen atoms in total. The number of nitrogens with zero attached hydrogens (tertiary/aromatic N) is 1. The molecule has 3 rings (SSSR count). The second kappa shape index (κ2) is 6.57. The molecule has 4 atom stereocenters. The van der Waals surface area contributed by atoms with Crippen LogP contribution in [0.25, 0.3) is 0 Å². The van der Waals surface area contributed by atoms with E-state index >= 15 is 0 Å². The second-order valence-corrected chi connectivity index (χ2v) is 8.79. The Bertz CT molecular complexity index is 506. The van der Waals surface area contributed by atoms with E-state index in [1.54, 1.807) is 5.56 Å². The molecule has 1 saturated heterocycles. The summed E-state index contributed by atoms with van der Waals surface area (Å²) in [5, 5.41) is 0. The number of rotatable bonds is 3. The van der Waals surface area contributed by atoms with Crippen molar-refractivity contribution in [2.45, 2.75) is 71.0 Å². The molecular formula is C21H33NO. The van der Waals surface area contributed by atoms with Crippen molar-refractivity contribution in [2.24, 2.45) is 5.92 Å². The van der Waals surface area contributed by atoms with Gasteiger partial charge in [0.05, 0.1) is 12.2 Å². The van der Waals surface area contributed by atoms with E-state index in [-0.39, 0.29) is 5.41 Å². The zero-order valence-corrected chi connectivity index (χ0v) is 15.5. The van der Waals surface area contributed by atoms with E-state index in [0.29, 0.717) is 12.2 Å². The SMILES string of the molecule is C[C@@H]1CN(C[C@@H]2CC[C@H]2c2ccc(C(C)(C)C)cc2)C[C@H](C)O1. The van der Waals surface area contributed by atoms with E-state index in [1.807, 2.05) is 0 Å². The molecule has 0 N–H and O–H groups in total. The normalized spacial score (nSPS) is 32.6. The van der Waals surface area contributed by atoms with Gasteiger partial charge in [0.2, 0.25) is 0 Å². The molecule has 0 aromatic heterocycles. The predicted octanol–water partition coefficient (Wildman–Crippen LogP) is 4.59.